The summed E-state index contributed by atoms with van der Waals surface area (Å²) in [5, 5.41) is 10.3. The summed E-state index contributed by atoms with van der Waals surface area (Å²) in [5.41, 5.74) is -0.553. The molecule has 1 amide bonds. The van der Waals surface area contributed by atoms with Crippen LogP contribution in [0.5, 0.6) is 0 Å². The summed E-state index contributed by atoms with van der Waals surface area (Å²) in [6, 6.07) is 0. The number of piperidine rings is 1. The first-order valence-corrected chi connectivity index (χ1v) is 7.55. The topological polar surface area (TPSA) is 40.5 Å². The first-order chi connectivity index (χ1) is 8.54. The Morgan fingerprint density at radius 1 is 1.17 bits per heavy atom. The average Bonchev–Trinajstić information content (AvgIpc) is 3.14. The molecule has 3 fully saturated rings. The van der Waals surface area contributed by atoms with Gasteiger partial charge in [-0.2, -0.15) is 0 Å². The Bertz CT molecular complexity index is 330. The second-order valence-electron chi connectivity index (χ2n) is 6.92. The van der Waals surface area contributed by atoms with E-state index in [1.165, 1.54) is 25.7 Å². The Morgan fingerprint density at radius 3 is 2.22 bits per heavy atom. The average molecular weight is 251 g/mol. The van der Waals surface area contributed by atoms with Gasteiger partial charge in [-0.15, -0.1) is 0 Å². The maximum Gasteiger partial charge on any atom is 0.254 e. The van der Waals surface area contributed by atoms with E-state index in [0.29, 0.717) is 5.41 Å². The molecule has 1 unspecified atom stereocenters. The molecule has 0 aromatic rings. The molecule has 3 heteroatoms. The van der Waals surface area contributed by atoms with Crippen LogP contribution in [0.3, 0.4) is 0 Å². The molecular formula is C15H25NO2. The van der Waals surface area contributed by atoms with Crippen molar-refractivity contribution in [2.45, 2.75) is 63.9 Å². The van der Waals surface area contributed by atoms with Gasteiger partial charge in [0.1, 0.15) is 5.60 Å². The van der Waals surface area contributed by atoms with E-state index in [2.05, 4.69) is 0 Å². The van der Waals surface area contributed by atoms with Crippen LogP contribution in [-0.2, 0) is 4.79 Å². The van der Waals surface area contributed by atoms with Gasteiger partial charge in [0.25, 0.3) is 5.91 Å². The van der Waals surface area contributed by atoms with E-state index in [1.54, 1.807) is 6.92 Å². The lowest BCUT2D eigenvalue weighted by Crippen LogP contribution is -2.52. The monoisotopic (exact) mass is 251 g/mol. The third kappa shape index (κ3) is 2.07. The second-order valence-corrected chi connectivity index (χ2v) is 6.92. The summed E-state index contributed by atoms with van der Waals surface area (Å²) in [4.78, 5) is 14.3. The van der Waals surface area contributed by atoms with Crippen LogP contribution in [0.25, 0.3) is 0 Å². The highest BCUT2D eigenvalue weighted by atomic mass is 16.3. The number of carbonyl (C=O) groups is 1. The fourth-order valence-electron chi connectivity index (χ4n) is 3.95. The van der Waals surface area contributed by atoms with Crippen molar-refractivity contribution < 1.29 is 9.90 Å². The first-order valence-electron chi connectivity index (χ1n) is 7.55. The van der Waals surface area contributed by atoms with Crippen molar-refractivity contribution in [3.63, 3.8) is 0 Å². The van der Waals surface area contributed by atoms with Crippen LogP contribution >= 0.6 is 0 Å². The second kappa shape index (κ2) is 4.22. The van der Waals surface area contributed by atoms with Crippen LogP contribution < -0.4 is 0 Å². The van der Waals surface area contributed by atoms with Gasteiger partial charge in [-0.05, 0) is 56.8 Å². The lowest BCUT2D eigenvalue weighted by molar-refractivity contribution is -0.154. The summed E-state index contributed by atoms with van der Waals surface area (Å²) in [6.07, 6.45) is 9.77. The summed E-state index contributed by atoms with van der Waals surface area (Å²) in [6.45, 7) is 3.44. The van der Waals surface area contributed by atoms with Crippen LogP contribution in [0.2, 0.25) is 0 Å². The molecule has 18 heavy (non-hydrogen) atoms. The summed E-state index contributed by atoms with van der Waals surface area (Å²) >= 11 is 0. The summed E-state index contributed by atoms with van der Waals surface area (Å²) in [7, 11) is 0. The smallest absolute Gasteiger partial charge is 0.254 e. The number of likely N-dealkylation sites (tertiary alicyclic amines) is 1. The fraction of sp³-hybridized carbons (Fsp3) is 0.933. The maximum absolute atomic E-state index is 12.4. The van der Waals surface area contributed by atoms with Crippen molar-refractivity contribution in [2.75, 3.05) is 13.1 Å². The molecule has 1 N–H and O–H groups in total. The zero-order valence-corrected chi connectivity index (χ0v) is 11.5. The Kier molecular flexibility index (Phi) is 2.92. The highest BCUT2D eigenvalue weighted by Crippen LogP contribution is 2.47. The minimum atomic E-state index is -1.10. The molecule has 0 bridgehead atoms. The molecule has 1 spiro atoms. The zero-order chi connectivity index (χ0) is 12.8. The molecule has 0 aromatic heterocycles. The van der Waals surface area contributed by atoms with E-state index in [4.69, 9.17) is 0 Å². The lowest BCUT2D eigenvalue weighted by Gasteiger charge is -2.41. The molecule has 102 valence electrons. The van der Waals surface area contributed by atoms with E-state index >= 15 is 0 Å². The Balaban J connectivity index is 1.60. The number of carbonyl (C=O) groups excluding carboxylic acids is 1. The zero-order valence-electron chi connectivity index (χ0n) is 11.5. The standard InChI is InChI=1S/C15H25NO2/c1-14(18,12-4-5-12)13(17)16-10-8-15(9-11-16)6-2-3-7-15/h12,18H,2-11H2,1H3. The van der Waals surface area contributed by atoms with Crippen molar-refractivity contribution >= 4 is 5.91 Å². The molecule has 2 saturated carbocycles. The molecule has 3 rings (SSSR count). The van der Waals surface area contributed by atoms with Crippen molar-refractivity contribution in [2.24, 2.45) is 11.3 Å². The summed E-state index contributed by atoms with van der Waals surface area (Å²) < 4.78 is 0. The molecule has 1 aliphatic heterocycles. The number of aliphatic hydroxyl groups is 1. The van der Waals surface area contributed by atoms with Crippen molar-refractivity contribution in [3.05, 3.63) is 0 Å². The molecule has 3 aliphatic rings. The first kappa shape index (κ1) is 12.5. The lowest BCUT2D eigenvalue weighted by atomic mass is 9.77. The number of hydrogen-bond acceptors (Lipinski definition) is 2. The third-order valence-electron chi connectivity index (χ3n) is 5.58. The van der Waals surface area contributed by atoms with Crippen LogP contribution in [0.1, 0.15) is 58.3 Å². The van der Waals surface area contributed by atoms with E-state index < -0.39 is 5.60 Å². The van der Waals surface area contributed by atoms with Gasteiger partial charge in [0, 0.05) is 13.1 Å². The Morgan fingerprint density at radius 2 is 1.72 bits per heavy atom. The highest BCUT2D eigenvalue weighted by molar-refractivity contribution is 5.85. The van der Waals surface area contributed by atoms with E-state index in [9.17, 15) is 9.90 Å². The third-order valence-corrected chi connectivity index (χ3v) is 5.58. The maximum atomic E-state index is 12.4. The van der Waals surface area contributed by atoms with Crippen LogP contribution in [0.4, 0.5) is 0 Å². The number of hydrogen-bond donors (Lipinski definition) is 1. The van der Waals surface area contributed by atoms with E-state index in [0.717, 1.165) is 38.8 Å². The van der Waals surface area contributed by atoms with Gasteiger partial charge in [-0.1, -0.05) is 12.8 Å². The largest absolute Gasteiger partial charge is 0.380 e. The predicted molar refractivity (Wildman–Crippen MR) is 70.1 cm³/mol. The summed E-state index contributed by atoms with van der Waals surface area (Å²) in [5.74, 6) is 0.199. The quantitative estimate of drug-likeness (QED) is 0.818. The molecular weight excluding hydrogens is 226 g/mol. The van der Waals surface area contributed by atoms with Crippen LogP contribution in [0, 0.1) is 11.3 Å². The van der Waals surface area contributed by atoms with Crippen LogP contribution in [0.15, 0.2) is 0 Å². The molecule has 0 aromatic carbocycles. The predicted octanol–water partition coefficient (Wildman–Crippen LogP) is 2.33. The molecule has 2 aliphatic carbocycles. The van der Waals surface area contributed by atoms with E-state index in [-0.39, 0.29) is 11.8 Å². The molecule has 1 saturated heterocycles. The van der Waals surface area contributed by atoms with Gasteiger partial charge in [0.05, 0.1) is 0 Å². The molecule has 0 radical (unpaired) electrons. The minimum absolute atomic E-state index is 0.0159. The van der Waals surface area contributed by atoms with Crippen molar-refractivity contribution in [3.8, 4) is 0 Å². The van der Waals surface area contributed by atoms with Gasteiger partial charge >= 0.3 is 0 Å². The van der Waals surface area contributed by atoms with Crippen molar-refractivity contribution in [1.29, 1.82) is 0 Å². The van der Waals surface area contributed by atoms with Crippen molar-refractivity contribution in [1.82, 2.24) is 4.90 Å². The van der Waals surface area contributed by atoms with Gasteiger partial charge in [0.15, 0.2) is 0 Å². The SMILES string of the molecule is CC(O)(C(=O)N1CCC2(CCCC2)CC1)C1CC1. The van der Waals surface area contributed by atoms with Gasteiger partial charge in [-0.3, -0.25) is 4.79 Å². The van der Waals surface area contributed by atoms with Gasteiger partial charge < -0.3 is 10.0 Å². The normalized spacial score (nSPS) is 30.4. The molecule has 1 heterocycles. The van der Waals surface area contributed by atoms with Gasteiger partial charge in [0.2, 0.25) is 0 Å². The van der Waals surface area contributed by atoms with E-state index in [1.807, 2.05) is 4.90 Å². The number of nitrogens with zero attached hydrogens (tertiary/aromatic N) is 1. The Labute approximate surface area is 110 Å². The van der Waals surface area contributed by atoms with Crippen LogP contribution in [-0.4, -0.2) is 34.6 Å². The Hall–Kier alpha value is -0.570. The molecule has 1 atom stereocenters. The minimum Gasteiger partial charge on any atom is -0.380 e. The fourth-order valence-corrected chi connectivity index (χ4v) is 3.95. The molecule has 3 nitrogen and oxygen atoms in total. The number of rotatable bonds is 2. The van der Waals surface area contributed by atoms with Gasteiger partial charge in [-0.25, -0.2) is 0 Å². The number of amides is 1. The highest BCUT2D eigenvalue weighted by Gasteiger charge is 2.49.